The van der Waals surface area contributed by atoms with Crippen molar-refractivity contribution in [3.8, 4) is 0 Å². The van der Waals surface area contributed by atoms with Gasteiger partial charge in [0.05, 0.1) is 12.5 Å². The third-order valence-electron chi connectivity index (χ3n) is 4.57. The number of nitrogens with one attached hydrogen (secondary N) is 3. The molecule has 0 aliphatic heterocycles. The normalized spacial score (nSPS) is 15.5. The maximum Gasteiger partial charge on any atom is 0.326 e. The Balaban J connectivity index is 5.19. The largest absolute Gasteiger partial charge is 0.481 e. The van der Waals surface area contributed by atoms with Crippen molar-refractivity contribution in [1.82, 2.24) is 16.0 Å². The van der Waals surface area contributed by atoms with Crippen molar-refractivity contribution in [2.24, 2.45) is 17.4 Å². The van der Waals surface area contributed by atoms with Gasteiger partial charge in [-0.05, 0) is 19.3 Å². The molecule has 0 bridgehead atoms. The van der Waals surface area contributed by atoms with Crippen LogP contribution in [0, 0.1) is 5.92 Å². The van der Waals surface area contributed by atoms with Crippen LogP contribution in [0.3, 0.4) is 0 Å². The average Bonchev–Trinajstić information content (AvgIpc) is 2.66. The fourth-order valence-electron chi connectivity index (χ4n) is 2.46. The van der Waals surface area contributed by atoms with Gasteiger partial charge in [-0.2, -0.15) is 0 Å². The highest BCUT2D eigenvalue weighted by Crippen LogP contribution is 2.08. The number of carbonyl (C=O) groups excluding carboxylic acids is 4. The molecule has 0 saturated heterocycles. The number of rotatable bonds is 14. The number of carbonyl (C=O) groups is 6. The van der Waals surface area contributed by atoms with E-state index in [2.05, 4.69) is 16.0 Å². The van der Waals surface area contributed by atoms with Gasteiger partial charge in [0.2, 0.25) is 23.6 Å². The molecule has 0 fully saturated rings. The third-order valence-corrected chi connectivity index (χ3v) is 4.57. The molecule has 0 spiro atoms. The van der Waals surface area contributed by atoms with Crippen LogP contribution in [0.4, 0.5) is 0 Å². The number of hydrogen-bond donors (Lipinski definition) is 7. The molecule has 0 aromatic carbocycles. The Bertz CT molecular complexity index is 698. The molecule has 0 heterocycles. The monoisotopic (exact) mass is 445 g/mol. The van der Waals surface area contributed by atoms with Gasteiger partial charge in [-0.1, -0.05) is 20.3 Å². The summed E-state index contributed by atoms with van der Waals surface area (Å²) in [6.45, 7) is 4.73. The first-order valence-electron chi connectivity index (χ1n) is 9.69. The first-order valence-corrected chi connectivity index (χ1v) is 9.69. The van der Waals surface area contributed by atoms with Gasteiger partial charge in [0.15, 0.2) is 0 Å². The van der Waals surface area contributed by atoms with Crippen LogP contribution in [0.5, 0.6) is 0 Å². The van der Waals surface area contributed by atoms with Gasteiger partial charge in [0.25, 0.3) is 0 Å². The molecule has 9 N–H and O–H groups in total. The van der Waals surface area contributed by atoms with Crippen molar-refractivity contribution in [2.45, 2.75) is 70.6 Å². The minimum absolute atomic E-state index is 0.217. The van der Waals surface area contributed by atoms with E-state index in [1.165, 1.54) is 6.92 Å². The second-order valence-corrected chi connectivity index (χ2v) is 7.21. The highest BCUT2D eigenvalue weighted by Gasteiger charge is 2.30. The maximum absolute atomic E-state index is 12.5. The third kappa shape index (κ3) is 10.4. The molecule has 13 heteroatoms. The predicted octanol–water partition coefficient (Wildman–Crippen LogP) is -2.34. The van der Waals surface area contributed by atoms with E-state index >= 15 is 0 Å². The average molecular weight is 445 g/mol. The molecular formula is C18H31N5O8. The van der Waals surface area contributed by atoms with Crippen LogP contribution < -0.4 is 27.4 Å². The summed E-state index contributed by atoms with van der Waals surface area (Å²) in [4.78, 5) is 70.0. The zero-order valence-corrected chi connectivity index (χ0v) is 17.7. The van der Waals surface area contributed by atoms with Crippen LogP contribution in [-0.2, 0) is 28.8 Å². The predicted molar refractivity (Wildman–Crippen MR) is 107 cm³/mol. The van der Waals surface area contributed by atoms with Crippen molar-refractivity contribution in [2.75, 3.05) is 0 Å². The van der Waals surface area contributed by atoms with Gasteiger partial charge in [-0.3, -0.25) is 24.0 Å². The molecule has 5 unspecified atom stereocenters. The molecule has 0 aromatic heterocycles. The summed E-state index contributed by atoms with van der Waals surface area (Å²) in [6, 6.07) is -5.08. The van der Waals surface area contributed by atoms with E-state index in [9.17, 15) is 33.9 Å². The molecule has 4 amide bonds. The van der Waals surface area contributed by atoms with E-state index in [1.807, 2.05) is 0 Å². The summed E-state index contributed by atoms with van der Waals surface area (Å²) in [7, 11) is 0. The number of carboxylic acid groups (broad SMARTS) is 2. The highest BCUT2D eigenvalue weighted by molar-refractivity contribution is 5.94. The van der Waals surface area contributed by atoms with E-state index in [1.54, 1.807) is 13.8 Å². The summed E-state index contributed by atoms with van der Waals surface area (Å²) < 4.78 is 0. The number of aliphatic carboxylic acids is 2. The Morgan fingerprint density at radius 2 is 1.48 bits per heavy atom. The van der Waals surface area contributed by atoms with Crippen molar-refractivity contribution in [1.29, 1.82) is 0 Å². The number of nitrogens with two attached hydrogens (primary N) is 2. The Kier molecular flexibility index (Phi) is 11.8. The van der Waals surface area contributed by atoms with Gasteiger partial charge >= 0.3 is 11.9 Å². The first kappa shape index (κ1) is 27.8. The minimum atomic E-state index is -1.44. The van der Waals surface area contributed by atoms with Crippen LogP contribution >= 0.6 is 0 Å². The summed E-state index contributed by atoms with van der Waals surface area (Å²) in [5, 5.41) is 24.9. The first-order chi connectivity index (χ1) is 14.3. The molecule has 0 saturated carbocycles. The molecule has 0 radical (unpaired) electrons. The highest BCUT2D eigenvalue weighted by atomic mass is 16.4. The summed E-state index contributed by atoms with van der Waals surface area (Å²) in [5.41, 5.74) is 10.5. The molecule has 0 aliphatic rings. The molecule has 176 valence electrons. The number of amides is 4. The molecule has 0 aromatic rings. The van der Waals surface area contributed by atoms with E-state index in [-0.39, 0.29) is 18.8 Å². The second-order valence-electron chi connectivity index (χ2n) is 7.21. The Labute approximate surface area is 179 Å². The van der Waals surface area contributed by atoms with E-state index < -0.39 is 66.2 Å². The van der Waals surface area contributed by atoms with Gasteiger partial charge in [-0.15, -0.1) is 0 Å². The Morgan fingerprint density at radius 1 is 0.903 bits per heavy atom. The quantitative estimate of drug-likeness (QED) is 0.151. The van der Waals surface area contributed by atoms with Gasteiger partial charge in [0.1, 0.15) is 18.1 Å². The Morgan fingerprint density at radius 3 is 1.94 bits per heavy atom. The molecule has 5 atom stereocenters. The molecule has 0 rings (SSSR count). The topological polar surface area (TPSA) is 231 Å². The van der Waals surface area contributed by atoms with Crippen LogP contribution in [0.25, 0.3) is 0 Å². The lowest BCUT2D eigenvalue weighted by molar-refractivity contribution is -0.143. The van der Waals surface area contributed by atoms with E-state index in [0.29, 0.717) is 6.42 Å². The zero-order chi connectivity index (χ0) is 24.3. The van der Waals surface area contributed by atoms with Crippen LogP contribution in [0.2, 0.25) is 0 Å². The van der Waals surface area contributed by atoms with Crippen LogP contribution in [-0.4, -0.2) is 69.9 Å². The number of carboxylic acids is 2. The summed E-state index contributed by atoms with van der Waals surface area (Å²) >= 11 is 0. The molecular weight excluding hydrogens is 414 g/mol. The minimum Gasteiger partial charge on any atom is -0.481 e. The number of hydrogen-bond acceptors (Lipinski definition) is 7. The molecule has 31 heavy (non-hydrogen) atoms. The van der Waals surface area contributed by atoms with Gasteiger partial charge in [0, 0.05) is 6.42 Å². The maximum atomic E-state index is 12.5. The van der Waals surface area contributed by atoms with E-state index in [0.717, 1.165) is 0 Å². The molecule has 13 nitrogen and oxygen atoms in total. The zero-order valence-electron chi connectivity index (χ0n) is 17.7. The summed E-state index contributed by atoms with van der Waals surface area (Å²) in [6.07, 6.45) is -0.676. The summed E-state index contributed by atoms with van der Waals surface area (Å²) in [5.74, 6) is -6.19. The lowest BCUT2D eigenvalue weighted by Gasteiger charge is -2.24. The smallest absolute Gasteiger partial charge is 0.326 e. The van der Waals surface area contributed by atoms with Crippen molar-refractivity contribution < 1.29 is 39.0 Å². The Hall–Kier alpha value is -3.22. The fraction of sp³-hybridized carbons (Fsp3) is 0.667. The van der Waals surface area contributed by atoms with Gasteiger partial charge < -0.3 is 37.6 Å². The molecule has 0 aliphatic carbocycles. The standard InChI is InChI=1S/C18H31N5O8/c1-4-8(2)14(18(30)31)23-15(27)9(3)21-17(29)11(5-6-12(20)24)22-16(28)10(19)7-13(25)26/h8-11,14H,4-7,19H2,1-3H3,(H2,20,24)(H,21,29)(H,22,28)(H,23,27)(H,25,26)(H,30,31). The SMILES string of the molecule is CCC(C)C(NC(=O)C(C)NC(=O)C(CCC(N)=O)NC(=O)C(N)CC(=O)O)C(=O)O. The van der Waals surface area contributed by atoms with Gasteiger partial charge in [-0.25, -0.2) is 4.79 Å². The lowest BCUT2D eigenvalue weighted by Crippen LogP contribution is -2.57. The van der Waals surface area contributed by atoms with Crippen molar-refractivity contribution in [3.05, 3.63) is 0 Å². The van der Waals surface area contributed by atoms with Crippen LogP contribution in [0.1, 0.15) is 46.5 Å². The second kappa shape index (κ2) is 13.2. The van der Waals surface area contributed by atoms with Crippen molar-refractivity contribution >= 4 is 35.6 Å². The lowest BCUT2D eigenvalue weighted by atomic mass is 9.99. The van der Waals surface area contributed by atoms with E-state index in [4.69, 9.17) is 16.6 Å². The van der Waals surface area contributed by atoms with Crippen molar-refractivity contribution in [3.63, 3.8) is 0 Å². The number of primary amides is 1. The van der Waals surface area contributed by atoms with Crippen LogP contribution in [0.15, 0.2) is 0 Å². The fourth-order valence-corrected chi connectivity index (χ4v) is 2.46.